The van der Waals surface area contributed by atoms with Crippen molar-refractivity contribution in [3.63, 3.8) is 0 Å². The first-order valence-electron chi connectivity index (χ1n) is 7.91. The van der Waals surface area contributed by atoms with Gasteiger partial charge in [0, 0.05) is 17.5 Å². The summed E-state index contributed by atoms with van der Waals surface area (Å²) < 4.78 is 73.0. The fourth-order valence-electron chi connectivity index (χ4n) is 2.89. The number of carbonyl (C=O) groups is 1. The van der Waals surface area contributed by atoms with Crippen molar-refractivity contribution in [2.75, 3.05) is 7.11 Å². The zero-order valence-corrected chi connectivity index (χ0v) is 15.0. The molecule has 0 saturated heterocycles. The normalized spacial score (nSPS) is 14.1. The summed E-state index contributed by atoms with van der Waals surface area (Å²) in [5.41, 5.74) is -4.92. The maximum absolute atomic E-state index is 12.9. The van der Waals surface area contributed by atoms with E-state index in [0.717, 1.165) is 11.6 Å². The van der Waals surface area contributed by atoms with Gasteiger partial charge in [0.05, 0.1) is 12.0 Å². The Morgan fingerprint density at radius 1 is 1.04 bits per heavy atom. The molecule has 0 fully saturated rings. The number of ether oxygens (including phenoxy) is 2. The van der Waals surface area contributed by atoms with E-state index in [1.54, 1.807) is 24.3 Å². The Balaban J connectivity index is 1.94. The molecule has 0 saturated carbocycles. The Bertz CT molecular complexity index is 979. The van der Waals surface area contributed by atoms with Crippen molar-refractivity contribution >= 4 is 15.6 Å². The predicted octanol–water partition coefficient (Wildman–Crippen LogP) is 3.70. The minimum absolute atomic E-state index is 0.0569. The lowest BCUT2D eigenvalue weighted by molar-refractivity contribution is -0.0436. The molecular weight excluding hydrogens is 385 g/mol. The first-order chi connectivity index (χ1) is 12.6. The molecule has 5 nitrogen and oxygen atoms in total. The molecule has 0 aromatic heterocycles. The van der Waals surface area contributed by atoms with Crippen LogP contribution in [0.3, 0.4) is 0 Å². The number of sulfone groups is 1. The van der Waals surface area contributed by atoms with Crippen molar-refractivity contribution in [2.45, 2.75) is 29.9 Å². The third-order valence-electron chi connectivity index (χ3n) is 4.26. The highest BCUT2D eigenvalue weighted by Gasteiger charge is 2.49. The molecule has 27 heavy (non-hydrogen) atoms. The molecule has 9 heteroatoms. The van der Waals surface area contributed by atoms with E-state index in [2.05, 4.69) is 0 Å². The van der Waals surface area contributed by atoms with Crippen LogP contribution in [0.5, 0.6) is 11.5 Å². The second-order valence-electron chi connectivity index (χ2n) is 5.92. The molecule has 3 rings (SSSR count). The van der Waals surface area contributed by atoms with Gasteiger partial charge < -0.3 is 9.47 Å². The van der Waals surface area contributed by atoms with E-state index in [1.807, 2.05) is 0 Å². The second-order valence-corrected chi connectivity index (χ2v) is 7.83. The van der Waals surface area contributed by atoms with Gasteiger partial charge in [-0.05, 0) is 36.2 Å². The molecule has 0 unspecified atom stereocenters. The summed E-state index contributed by atoms with van der Waals surface area (Å²) in [4.78, 5) is 11.0. The lowest BCUT2D eigenvalue weighted by Gasteiger charge is -2.15. The number of hydrogen-bond acceptors (Lipinski definition) is 5. The molecule has 0 atom stereocenters. The van der Waals surface area contributed by atoms with Crippen molar-refractivity contribution in [3.05, 3.63) is 53.1 Å². The van der Waals surface area contributed by atoms with Gasteiger partial charge in [-0.15, -0.1) is 0 Å². The summed E-state index contributed by atoms with van der Waals surface area (Å²) in [6.45, 7) is 0.107. The van der Waals surface area contributed by atoms with E-state index in [9.17, 15) is 26.4 Å². The monoisotopic (exact) mass is 400 g/mol. The van der Waals surface area contributed by atoms with Gasteiger partial charge in [0.15, 0.2) is 5.78 Å². The van der Waals surface area contributed by atoms with Crippen LogP contribution < -0.4 is 9.47 Å². The maximum atomic E-state index is 12.9. The first kappa shape index (κ1) is 19.2. The third-order valence-corrected chi connectivity index (χ3v) is 5.79. The van der Waals surface area contributed by atoms with Crippen molar-refractivity contribution < 1.29 is 35.9 Å². The number of alkyl halides is 3. The van der Waals surface area contributed by atoms with Gasteiger partial charge in [0.1, 0.15) is 18.1 Å². The number of ketones is 1. The van der Waals surface area contributed by atoms with Gasteiger partial charge in [0.2, 0.25) is 0 Å². The topological polar surface area (TPSA) is 69.7 Å². The van der Waals surface area contributed by atoms with Crippen LogP contribution in [-0.2, 0) is 22.9 Å². The minimum Gasteiger partial charge on any atom is -0.497 e. The van der Waals surface area contributed by atoms with Crippen molar-refractivity contribution in [1.82, 2.24) is 0 Å². The Morgan fingerprint density at radius 2 is 1.70 bits per heavy atom. The fraction of sp³-hybridized carbons (Fsp3) is 0.278. The number of halogens is 3. The number of fused-ring (bicyclic) bond motifs is 1. The number of rotatable bonds is 5. The SMILES string of the molecule is COc1ccc(COc2ccc(S(=O)(=O)C(F)(F)F)c3c2CCC3=O)cc1. The molecule has 0 bridgehead atoms. The first-order valence-corrected chi connectivity index (χ1v) is 9.39. The zero-order chi connectivity index (χ0) is 19.8. The van der Waals surface area contributed by atoms with E-state index < -0.39 is 31.6 Å². The van der Waals surface area contributed by atoms with Gasteiger partial charge in [-0.25, -0.2) is 8.42 Å². The van der Waals surface area contributed by atoms with Crippen molar-refractivity contribution in [3.8, 4) is 11.5 Å². The zero-order valence-electron chi connectivity index (χ0n) is 14.2. The van der Waals surface area contributed by atoms with Crippen LogP contribution in [0.4, 0.5) is 13.2 Å². The summed E-state index contributed by atoms with van der Waals surface area (Å²) in [5.74, 6) is 0.225. The maximum Gasteiger partial charge on any atom is 0.501 e. The predicted molar refractivity (Wildman–Crippen MR) is 89.7 cm³/mol. The molecular formula is C18H15F3O5S. The Kier molecular flexibility index (Phi) is 4.90. The molecule has 0 spiro atoms. The van der Waals surface area contributed by atoms with Crippen LogP contribution in [0.1, 0.15) is 27.9 Å². The van der Waals surface area contributed by atoms with Crippen molar-refractivity contribution in [1.29, 1.82) is 0 Å². The van der Waals surface area contributed by atoms with Gasteiger partial charge in [-0.1, -0.05) is 12.1 Å². The molecule has 144 valence electrons. The van der Waals surface area contributed by atoms with Crippen LogP contribution in [-0.4, -0.2) is 26.8 Å². The number of hydrogen-bond donors (Lipinski definition) is 0. The number of carbonyl (C=O) groups excluding carboxylic acids is 1. The van der Waals surface area contributed by atoms with Gasteiger partial charge in [0.25, 0.3) is 9.84 Å². The van der Waals surface area contributed by atoms with Crippen LogP contribution in [0.15, 0.2) is 41.3 Å². The van der Waals surface area contributed by atoms with E-state index >= 15 is 0 Å². The summed E-state index contributed by atoms with van der Waals surface area (Å²) >= 11 is 0. The quantitative estimate of drug-likeness (QED) is 0.766. The Morgan fingerprint density at radius 3 is 2.30 bits per heavy atom. The van der Waals surface area contributed by atoms with Gasteiger partial charge in [-0.2, -0.15) is 13.2 Å². The lowest BCUT2D eigenvalue weighted by atomic mass is 10.1. The molecule has 1 aliphatic rings. The highest BCUT2D eigenvalue weighted by molar-refractivity contribution is 7.92. The number of Topliss-reactive ketones (excluding diaryl/α,β-unsaturated/α-hetero) is 1. The molecule has 0 heterocycles. The molecule has 0 N–H and O–H groups in total. The van der Waals surface area contributed by atoms with E-state index in [1.165, 1.54) is 13.2 Å². The minimum atomic E-state index is -5.62. The van der Waals surface area contributed by atoms with E-state index in [4.69, 9.17) is 9.47 Å². The Labute approximate surface area is 153 Å². The standard InChI is InChI=1S/C18H15F3O5S/c1-25-12-4-2-11(3-5-12)10-26-15-8-9-16(27(23,24)18(19,20)21)17-13(15)6-7-14(17)22/h2-5,8-9H,6-7,10H2,1H3. The Hall–Kier alpha value is -2.55. The molecule has 0 amide bonds. The lowest BCUT2D eigenvalue weighted by Crippen LogP contribution is -2.25. The summed E-state index contributed by atoms with van der Waals surface area (Å²) in [6, 6.07) is 8.92. The number of methoxy groups -OCH3 is 1. The van der Waals surface area contributed by atoms with Crippen LogP contribution in [0.25, 0.3) is 0 Å². The van der Waals surface area contributed by atoms with Gasteiger partial charge >= 0.3 is 5.51 Å². The van der Waals surface area contributed by atoms with E-state index in [0.29, 0.717) is 5.75 Å². The smallest absolute Gasteiger partial charge is 0.497 e. The molecule has 2 aromatic carbocycles. The van der Waals surface area contributed by atoms with Crippen LogP contribution in [0, 0.1) is 0 Å². The van der Waals surface area contributed by atoms with E-state index in [-0.39, 0.29) is 30.8 Å². The largest absolute Gasteiger partial charge is 0.501 e. The van der Waals surface area contributed by atoms with Crippen LogP contribution >= 0.6 is 0 Å². The summed E-state index contributed by atoms with van der Waals surface area (Å²) in [6.07, 6.45) is 0.0753. The molecule has 1 aliphatic carbocycles. The molecule has 0 radical (unpaired) electrons. The highest BCUT2D eigenvalue weighted by atomic mass is 32.2. The highest BCUT2D eigenvalue weighted by Crippen LogP contribution is 2.40. The van der Waals surface area contributed by atoms with Gasteiger partial charge in [-0.3, -0.25) is 4.79 Å². The molecule has 0 aliphatic heterocycles. The average molecular weight is 400 g/mol. The second kappa shape index (κ2) is 6.88. The van der Waals surface area contributed by atoms with Crippen molar-refractivity contribution in [2.24, 2.45) is 0 Å². The fourth-order valence-corrected chi connectivity index (χ4v) is 3.89. The van der Waals surface area contributed by atoms with Crippen LogP contribution in [0.2, 0.25) is 0 Å². The average Bonchev–Trinajstić information content (AvgIpc) is 3.01. The molecule has 2 aromatic rings. The third kappa shape index (κ3) is 3.51. The summed E-state index contributed by atoms with van der Waals surface area (Å²) in [7, 11) is -4.09. The summed E-state index contributed by atoms with van der Waals surface area (Å²) in [5, 5.41) is 0. The number of benzene rings is 2.